The van der Waals surface area contributed by atoms with E-state index in [0.717, 1.165) is 0 Å². The molecule has 0 heterocycles. The van der Waals surface area contributed by atoms with Crippen molar-refractivity contribution in [2.75, 3.05) is 18.1 Å². The summed E-state index contributed by atoms with van der Waals surface area (Å²) in [6.45, 7) is 1.92. The molecule has 0 aliphatic rings. The Hall–Kier alpha value is -0.430. The SMILES string of the molecule is CCOC(=O)C(N)CSCCCC(F)(F)F. The lowest BCUT2D eigenvalue weighted by atomic mass is 10.3. The molecule has 1 atom stereocenters. The van der Waals surface area contributed by atoms with E-state index < -0.39 is 24.6 Å². The molecule has 7 heteroatoms. The number of alkyl halides is 3. The Labute approximate surface area is 96.9 Å². The number of hydrogen-bond donors (Lipinski definition) is 1. The van der Waals surface area contributed by atoms with Crippen LogP contribution in [0.2, 0.25) is 0 Å². The van der Waals surface area contributed by atoms with Gasteiger partial charge < -0.3 is 10.5 Å². The van der Waals surface area contributed by atoms with Gasteiger partial charge in [0.1, 0.15) is 6.04 Å². The van der Waals surface area contributed by atoms with Gasteiger partial charge in [-0.1, -0.05) is 0 Å². The van der Waals surface area contributed by atoms with Gasteiger partial charge in [-0.2, -0.15) is 24.9 Å². The van der Waals surface area contributed by atoms with Gasteiger partial charge in [0.2, 0.25) is 0 Å². The van der Waals surface area contributed by atoms with Crippen LogP contribution in [0.3, 0.4) is 0 Å². The van der Waals surface area contributed by atoms with Crippen LogP contribution in [0.15, 0.2) is 0 Å². The lowest BCUT2D eigenvalue weighted by Crippen LogP contribution is -2.34. The summed E-state index contributed by atoms with van der Waals surface area (Å²) in [7, 11) is 0. The van der Waals surface area contributed by atoms with Crippen LogP contribution in [-0.4, -0.2) is 36.3 Å². The minimum Gasteiger partial charge on any atom is -0.465 e. The van der Waals surface area contributed by atoms with Gasteiger partial charge in [0, 0.05) is 12.2 Å². The van der Waals surface area contributed by atoms with Crippen molar-refractivity contribution in [2.45, 2.75) is 32.0 Å². The normalized spacial score (nSPS) is 13.6. The Bertz CT molecular complexity index is 211. The van der Waals surface area contributed by atoms with Crippen molar-refractivity contribution in [1.29, 1.82) is 0 Å². The summed E-state index contributed by atoms with van der Waals surface area (Å²) in [5, 5.41) is 0. The third-order valence-electron chi connectivity index (χ3n) is 1.64. The molecule has 0 aromatic rings. The van der Waals surface area contributed by atoms with E-state index >= 15 is 0 Å². The number of halogens is 3. The number of rotatable bonds is 7. The van der Waals surface area contributed by atoms with E-state index in [4.69, 9.17) is 5.73 Å². The Balaban J connectivity index is 3.48. The Morgan fingerprint density at radius 2 is 2.12 bits per heavy atom. The average Bonchev–Trinajstić information content (AvgIpc) is 2.15. The number of esters is 1. The molecule has 0 radical (unpaired) electrons. The van der Waals surface area contributed by atoms with Crippen molar-refractivity contribution in [1.82, 2.24) is 0 Å². The molecule has 0 spiro atoms. The first-order chi connectivity index (χ1) is 7.37. The minimum absolute atomic E-state index is 0.0453. The van der Waals surface area contributed by atoms with Crippen molar-refractivity contribution >= 4 is 17.7 Å². The molecule has 0 fully saturated rings. The van der Waals surface area contributed by atoms with E-state index in [2.05, 4.69) is 4.74 Å². The van der Waals surface area contributed by atoms with Crippen LogP contribution < -0.4 is 5.73 Å². The average molecular weight is 259 g/mol. The van der Waals surface area contributed by atoms with E-state index in [0.29, 0.717) is 5.75 Å². The predicted molar refractivity (Wildman–Crippen MR) is 57.2 cm³/mol. The number of hydrogen-bond acceptors (Lipinski definition) is 4. The molecule has 0 rings (SSSR count). The molecule has 16 heavy (non-hydrogen) atoms. The number of nitrogens with two attached hydrogens (primary N) is 1. The van der Waals surface area contributed by atoms with Gasteiger partial charge in [0.05, 0.1) is 6.61 Å². The molecule has 0 aliphatic carbocycles. The van der Waals surface area contributed by atoms with Crippen LogP contribution in [0.1, 0.15) is 19.8 Å². The summed E-state index contributed by atoms with van der Waals surface area (Å²) in [5.74, 6) is 0.120. The number of carbonyl (C=O) groups excluding carboxylic acids is 1. The highest BCUT2D eigenvalue weighted by atomic mass is 32.2. The van der Waals surface area contributed by atoms with Gasteiger partial charge in [-0.25, -0.2) is 0 Å². The zero-order valence-corrected chi connectivity index (χ0v) is 9.87. The number of thioether (sulfide) groups is 1. The third-order valence-corrected chi connectivity index (χ3v) is 2.81. The predicted octanol–water partition coefficient (Wildman–Crippen LogP) is 1.95. The maximum Gasteiger partial charge on any atom is 0.389 e. The Kier molecular flexibility index (Phi) is 7.57. The second-order valence-electron chi connectivity index (χ2n) is 3.15. The van der Waals surface area contributed by atoms with Crippen LogP contribution in [-0.2, 0) is 9.53 Å². The minimum atomic E-state index is -4.11. The van der Waals surface area contributed by atoms with Gasteiger partial charge in [0.15, 0.2) is 0 Å². The van der Waals surface area contributed by atoms with Gasteiger partial charge in [-0.05, 0) is 19.1 Å². The summed E-state index contributed by atoms with van der Waals surface area (Å²) < 4.78 is 39.9. The topological polar surface area (TPSA) is 52.3 Å². The van der Waals surface area contributed by atoms with Gasteiger partial charge in [-0.15, -0.1) is 0 Å². The molecular formula is C9H16F3NO2S. The summed E-state index contributed by atoms with van der Waals surface area (Å²) in [6.07, 6.45) is -4.86. The quantitative estimate of drug-likeness (QED) is 0.561. The number of ether oxygens (including phenoxy) is 1. The van der Waals surface area contributed by atoms with Crippen LogP contribution in [0.25, 0.3) is 0 Å². The highest BCUT2D eigenvalue weighted by molar-refractivity contribution is 7.99. The van der Waals surface area contributed by atoms with Crippen molar-refractivity contribution < 1.29 is 22.7 Å². The second kappa shape index (κ2) is 7.78. The summed E-state index contributed by atoms with van der Waals surface area (Å²) in [4.78, 5) is 11.0. The van der Waals surface area contributed by atoms with Crippen LogP contribution in [0, 0.1) is 0 Å². The molecule has 3 nitrogen and oxygen atoms in total. The van der Waals surface area contributed by atoms with Crippen molar-refractivity contribution in [3.63, 3.8) is 0 Å². The summed E-state index contributed by atoms with van der Waals surface area (Å²) in [5.41, 5.74) is 5.45. The third kappa shape index (κ3) is 8.84. The molecule has 0 amide bonds. The van der Waals surface area contributed by atoms with Gasteiger partial charge >= 0.3 is 12.1 Å². The maximum atomic E-state index is 11.8. The number of carbonyl (C=O) groups is 1. The summed E-state index contributed by atoms with van der Waals surface area (Å²) >= 11 is 1.23. The lowest BCUT2D eigenvalue weighted by Gasteiger charge is -2.10. The second-order valence-corrected chi connectivity index (χ2v) is 4.30. The maximum absolute atomic E-state index is 11.8. The molecule has 0 saturated carbocycles. The highest BCUT2D eigenvalue weighted by Crippen LogP contribution is 2.22. The molecule has 0 saturated heterocycles. The van der Waals surface area contributed by atoms with E-state index in [1.54, 1.807) is 6.92 Å². The largest absolute Gasteiger partial charge is 0.465 e. The van der Waals surface area contributed by atoms with Crippen molar-refractivity contribution in [3.05, 3.63) is 0 Å². The Morgan fingerprint density at radius 3 is 2.62 bits per heavy atom. The molecule has 0 aliphatic heterocycles. The fourth-order valence-electron chi connectivity index (χ4n) is 0.902. The van der Waals surface area contributed by atoms with E-state index in [-0.39, 0.29) is 18.8 Å². The first kappa shape index (κ1) is 15.6. The molecule has 0 aromatic heterocycles. The van der Waals surface area contributed by atoms with Crippen molar-refractivity contribution in [3.8, 4) is 0 Å². The molecular weight excluding hydrogens is 243 g/mol. The monoisotopic (exact) mass is 259 g/mol. The molecule has 0 aromatic carbocycles. The zero-order chi connectivity index (χ0) is 12.6. The smallest absolute Gasteiger partial charge is 0.389 e. The van der Waals surface area contributed by atoms with Gasteiger partial charge in [-0.3, -0.25) is 4.79 Å². The molecule has 0 bridgehead atoms. The molecule has 2 N–H and O–H groups in total. The highest BCUT2D eigenvalue weighted by Gasteiger charge is 2.26. The van der Waals surface area contributed by atoms with Gasteiger partial charge in [0.25, 0.3) is 0 Å². The van der Waals surface area contributed by atoms with E-state index in [1.807, 2.05) is 0 Å². The Morgan fingerprint density at radius 1 is 1.50 bits per heavy atom. The lowest BCUT2D eigenvalue weighted by molar-refractivity contribution is -0.144. The summed E-state index contributed by atoms with van der Waals surface area (Å²) in [6, 6.07) is -0.754. The van der Waals surface area contributed by atoms with Crippen LogP contribution >= 0.6 is 11.8 Å². The standard InChI is InChI=1S/C9H16F3NO2S/c1-2-15-8(14)7(13)6-16-5-3-4-9(10,11)12/h7H,2-6,13H2,1H3. The molecule has 96 valence electrons. The fraction of sp³-hybridized carbons (Fsp3) is 0.889. The van der Waals surface area contributed by atoms with E-state index in [1.165, 1.54) is 11.8 Å². The molecule has 1 unspecified atom stereocenters. The first-order valence-electron chi connectivity index (χ1n) is 4.93. The van der Waals surface area contributed by atoms with Crippen molar-refractivity contribution in [2.24, 2.45) is 5.73 Å². The van der Waals surface area contributed by atoms with E-state index in [9.17, 15) is 18.0 Å². The first-order valence-corrected chi connectivity index (χ1v) is 6.09. The fourth-order valence-corrected chi connectivity index (χ4v) is 1.81. The van der Waals surface area contributed by atoms with Crippen LogP contribution in [0.5, 0.6) is 0 Å². The zero-order valence-electron chi connectivity index (χ0n) is 9.05. The van der Waals surface area contributed by atoms with Crippen LogP contribution in [0.4, 0.5) is 13.2 Å².